The van der Waals surface area contributed by atoms with Crippen LogP contribution in [0.15, 0.2) is 42.7 Å². The van der Waals surface area contributed by atoms with Gasteiger partial charge in [-0.05, 0) is 49.2 Å². The molecular weight excluding hydrogens is 272 g/mol. The molecule has 3 nitrogen and oxygen atoms in total. The zero-order valence-electron chi connectivity index (χ0n) is 11.6. The SMILES string of the molecule is Cc1cc(C(=O)C(C)NCc2cccnc2)ccc1Cl. The van der Waals surface area contributed by atoms with Gasteiger partial charge in [0.05, 0.1) is 6.04 Å². The Kier molecular flexibility index (Phi) is 4.88. The van der Waals surface area contributed by atoms with E-state index in [9.17, 15) is 4.79 Å². The number of halogens is 1. The Morgan fingerprint density at radius 1 is 1.40 bits per heavy atom. The third kappa shape index (κ3) is 3.65. The van der Waals surface area contributed by atoms with Gasteiger partial charge in [0.1, 0.15) is 0 Å². The summed E-state index contributed by atoms with van der Waals surface area (Å²) in [5, 5.41) is 3.89. The smallest absolute Gasteiger partial charge is 0.179 e. The fraction of sp³-hybridized carbons (Fsp3) is 0.250. The van der Waals surface area contributed by atoms with Crippen molar-refractivity contribution in [2.45, 2.75) is 26.4 Å². The molecule has 20 heavy (non-hydrogen) atoms. The lowest BCUT2D eigenvalue weighted by molar-refractivity contribution is 0.0950. The van der Waals surface area contributed by atoms with Gasteiger partial charge in [0.2, 0.25) is 0 Å². The van der Waals surface area contributed by atoms with Gasteiger partial charge in [-0.3, -0.25) is 9.78 Å². The van der Waals surface area contributed by atoms with Crippen LogP contribution in [-0.4, -0.2) is 16.8 Å². The van der Waals surface area contributed by atoms with Crippen LogP contribution in [0.5, 0.6) is 0 Å². The monoisotopic (exact) mass is 288 g/mol. The number of benzene rings is 1. The van der Waals surface area contributed by atoms with Crippen LogP contribution in [0.25, 0.3) is 0 Å². The number of carbonyl (C=O) groups excluding carboxylic acids is 1. The van der Waals surface area contributed by atoms with Gasteiger partial charge in [0.15, 0.2) is 5.78 Å². The highest BCUT2D eigenvalue weighted by Gasteiger charge is 2.15. The van der Waals surface area contributed by atoms with Gasteiger partial charge >= 0.3 is 0 Å². The van der Waals surface area contributed by atoms with Crippen molar-refractivity contribution in [2.75, 3.05) is 0 Å². The maximum Gasteiger partial charge on any atom is 0.179 e. The Labute approximate surface area is 124 Å². The zero-order chi connectivity index (χ0) is 14.5. The van der Waals surface area contributed by atoms with Crippen molar-refractivity contribution in [1.29, 1.82) is 0 Å². The fourth-order valence-corrected chi connectivity index (χ4v) is 2.03. The first-order valence-corrected chi connectivity index (χ1v) is 6.88. The molecule has 1 atom stereocenters. The molecule has 0 saturated carbocycles. The second-order valence-corrected chi connectivity index (χ2v) is 5.20. The molecule has 0 bridgehead atoms. The summed E-state index contributed by atoms with van der Waals surface area (Å²) in [5.41, 5.74) is 2.65. The highest BCUT2D eigenvalue weighted by atomic mass is 35.5. The molecule has 0 fully saturated rings. The van der Waals surface area contributed by atoms with Gasteiger partial charge in [-0.25, -0.2) is 0 Å². The van der Waals surface area contributed by atoms with Crippen molar-refractivity contribution in [3.8, 4) is 0 Å². The normalized spacial score (nSPS) is 12.2. The summed E-state index contributed by atoms with van der Waals surface area (Å²) in [6, 6.07) is 8.95. The molecule has 1 N–H and O–H groups in total. The molecular formula is C16H17ClN2O. The van der Waals surface area contributed by atoms with Crippen molar-refractivity contribution in [3.63, 3.8) is 0 Å². The number of ketones is 1. The Morgan fingerprint density at radius 2 is 2.20 bits per heavy atom. The third-order valence-electron chi connectivity index (χ3n) is 3.17. The molecule has 1 heterocycles. The van der Waals surface area contributed by atoms with E-state index in [-0.39, 0.29) is 11.8 Å². The molecule has 1 aromatic heterocycles. The van der Waals surface area contributed by atoms with E-state index >= 15 is 0 Å². The maximum absolute atomic E-state index is 12.3. The van der Waals surface area contributed by atoms with E-state index in [1.54, 1.807) is 24.5 Å². The minimum Gasteiger partial charge on any atom is -0.303 e. The van der Waals surface area contributed by atoms with Crippen LogP contribution in [0.1, 0.15) is 28.4 Å². The third-order valence-corrected chi connectivity index (χ3v) is 3.59. The molecule has 0 spiro atoms. The van der Waals surface area contributed by atoms with Gasteiger partial charge in [0.25, 0.3) is 0 Å². The predicted molar refractivity (Wildman–Crippen MR) is 81.1 cm³/mol. The fourth-order valence-electron chi connectivity index (χ4n) is 1.91. The van der Waals surface area contributed by atoms with Gasteiger partial charge in [-0.15, -0.1) is 0 Å². The number of carbonyl (C=O) groups is 1. The number of nitrogens with one attached hydrogen (secondary N) is 1. The van der Waals surface area contributed by atoms with Crippen LogP contribution in [-0.2, 0) is 6.54 Å². The lowest BCUT2D eigenvalue weighted by Gasteiger charge is -2.13. The standard InChI is InChI=1S/C16H17ClN2O/c1-11-8-14(5-6-15(11)17)16(20)12(2)19-10-13-4-3-7-18-9-13/h3-9,12,19H,10H2,1-2H3. The number of hydrogen-bond acceptors (Lipinski definition) is 3. The summed E-state index contributed by atoms with van der Waals surface area (Å²) in [6.07, 6.45) is 3.52. The Morgan fingerprint density at radius 3 is 2.85 bits per heavy atom. The van der Waals surface area contributed by atoms with Crippen molar-refractivity contribution in [3.05, 3.63) is 64.4 Å². The van der Waals surface area contributed by atoms with Crippen LogP contribution in [0.4, 0.5) is 0 Å². The molecule has 0 aliphatic carbocycles. The van der Waals surface area contributed by atoms with Crippen molar-refractivity contribution in [1.82, 2.24) is 10.3 Å². The van der Waals surface area contributed by atoms with E-state index in [2.05, 4.69) is 10.3 Å². The van der Waals surface area contributed by atoms with E-state index in [4.69, 9.17) is 11.6 Å². The lowest BCUT2D eigenvalue weighted by Crippen LogP contribution is -2.33. The Hall–Kier alpha value is -1.71. The molecule has 1 unspecified atom stereocenters. The molecule has 0 amide bonds. The molecule has 2 aromatic rings. The number of aryl methyl sites for hydroxylation is 1. The van der Waals surface area contributed by atoms with Crippen LogP contribution in [0.3, 0.4) is 0 Å². The molecule has 0 aliphatic heterocycles. The summed E-state index contributed by atoms with van der Waals surface area (Å²) in [4.78, 5) is 16.4. The molecule has 4 heteroatoms. The van der Waals surface area contributed by atoms with Gasteiger partial charge in [-0.2, -0.15) is 0 Å². The van der Waals surface area contributed by atoms with Crippen LogP contribution in [0, 0.1) is 6.92 Å². The Bertz CT molecular complexity index is 599. The van der Waals surface area contributed by atoms with Crippen molar-refractivity contribution < 1.29 is 4.79 Å². The first-order chi connectivity index (χ1) is 9.58. The minimum atomic E-state index is -0.254. The average molecular weight is 289 g/mol. The van der Waals surface area contributed by atoms with E-state index in [1.165, 1.54) is 0 Å². The maximum atomic E-state index is 12.3. The van der Waals surface area contributed by atoms with Gasteiger partial charge < -0.3 is 5.32 Å². The van der Waals surface area contributed by atoms with Gasteiger partial charge in [-0.1, -0.05) is 17.7 Å². The largest absolute Gasteiger partial charge is 0.303 e. The quantitative estimate of drug-likeness (QED) is 0.858. The second kappa shape index (κ2) is 6.64. The first kappa shape index (κ1) is 14.7. The minimum absolute atomic E-state index is 0.0636. The highest BCUT2D eigenvalue weighted by Crippen LogP contribution is 2.17. The van der Waals surface area contributed by atoms with E-state index in [0.717, 1.165) is 11.1 Å². The highest BCUT2D eigenvalue weighted by molar-refractivity contribution is 6.31. The van der Waals surface area contributed by atoms with Crippen LogP contribution >= 0.6 is 11.6 Å². The first-order valence-electron chi connectivity index (χ1n) is 6.50. The molecule has 0 radical (unpaired) electrons. The molecule has 1 aromatic carbocycles. The number of rotatable bonds is 5. The van der Waals surface area contributed by atoms with Gasteiger partial charge in [0, 0.05) is 29.5 Å². The molecule has 0 aliphatic rings. The predicted octanol–water partition coefficient (Wildman–Crippen LogP) is 3.40. The summed E-state index contributed by atoms with van der Waals surface area (Å²) < 4.78 is 0. The van der Waals surface area contributed by atoms with Crippen LogP contribution < -0.4 is 5.32 Å². The average Bonchev–Trinajstić information content (AvgIpc) is 2.48. The van der Waals surface area contributed by atoms with Crippen molar-refractivity contribution in [2.24, 2.45) is 0 Å². The summed E-state index contributed by atoms with van der Waals surface area (Å²) >= 11 is 5.97. The summed E-state index contributed by atoms with van der Waals surface area (Å²) in [7, 11) is 0. The number of hydrogen-bond donors (Lipinski definition) is 1. The summed E-state index contributed by atoms with van der Waals surface area (Å²) in [5.74, 6) is 0.0636. The number of Topliss-reactive ketones (excluding diaryl/α,β-unsaturated/α-hetero) is 1. The summed E-state index contributed by atoms with van der Waals surface area (Å²) in [6.45, 7) is 4.38. The molecule has 0 saturated heterocycles. The second-order valence-electron chi connectivity index (χ2n) is 4.79. The Balaban J connectivity index is 1.99. The van der Waals surface area contributed by atoms with E-state index in [1.807, 2.05) is 32.0 Å². The number of nitrogens with zero attached hydrogens (tertiary/aromatic N) is 1. The van der Waals surface area contributed by atoms with Crippen molar-refractivity contribution >= 4 is 17.4 Å². The van der Waals surface area contributed by atoms with E-state index < -0.39 is 0 Å². The lowest BCUT2D eigenvalue weighted by atomic mass is 10.0. The number of aromatic nitrogens is 1. The zero-order valence-corrected chi connectivity index (χ0v) is 12.3. The number of pyridine rings is 1. The molecule has 104 valence electrons. The van der Waals surface area contributed by atoms with E-state index in [0.29, 0.717) is 17.1 Å². The topological polar surface area (TPSA) is 42.0 Å². The van der Waals surface area contributed by atoms with Crippen LogP contribution in [0.2, 0.25) is 5.02 Å². The molecule has 2 rings (SSSR count).